The van der Waals surface area contributed by atoms with E-state index in [0.717, 1.165) is 15.7 Å². The molecule has 0 fully saturated rings. The number of sulfonamides is 1. The van der Waals surface area contributed by atoms with Crippen molar-refractivity contribution >= 4 is 43.2 Å². The first-order valence-corrected chi connectivity index (χ1v) is 10.4. The minimum atomic E-state index is -3.67. The topological polar surface area (TPSA) is 75.7 Å². The fourth-order valence-electron chi connectivity index (χ4n) is 2.88. The number of ether oxygens (including phenoxy) is 1. The summed E-state index contributed by atoms with van der Waals surface area (Å²) < 4.78 is 33.5. The summed E-state index contributed by atoms with van der Waals surface area (Å²) in [6, 6.07) is 11.7. The molecule has 3 rings (SSSR count). The van der Waals surface area contributed by atoms with Crippen molar-refractivity contribution in [2.45, 2.75) is 17.7 Å². The van der Waals surface area contributed by atoms with Gasteiger partial charge in [0.15, 0.2) is 0 Å². The smallest absolute Gasteiger partial charge is 0.261 e. The van der Waals surface area contributed by atoms with Crippen LogP contribution >= 0.6 is 15.9 Å². The molecule has 0 radical (unpaired) electrons. The van der Waals surface area contributed by atoms with Crippen molar-refractivity contribution in [3.8, 4) is 0 Å². The van der Waals surface area contributed by atoms with Crippen molar-refractivity contribution in [2.75, 3.05) is 29.9 Å². The number of carbonyl (C=O) groups excluding carboxylic acids is 1. The zero-order chi connectivity index (χ0) is 18.7. The molecular formula is C18H19BrN2O4S. The second-order valence-corrected chi connectivity index (χ2v) is 8.54. The first-order valence-electron chi connectivity index (χ1n) is 8.11. The zero-order valence-electron chi connectivity index (χ0n) is 14.2. The highest BCUT2D eigenvalue weighted by atomic mass is 79.9. The molecule has 0 spiro atoms. The van der Waals surface area contributed by atoms with Gasteiger partial charge in [-0.1, -0.05) is 15.9 Å². The van der Waals surface area contributed by atoms with Crippen LogP contribution < -0.4 is 9.62 Å². The van der Waals surface area contributed by atoms with Crippen LogP contribution in [0.15, 0.2) is 51.8 Å². The lowest BCUT2D eigenvalue weighted by Crippen LogP contribution is -2.37. The number of benzene rings is 2. The number of hydrogen-bond donors (Lipinski definition) is 1. The van der Waals surface area contributed by atoms with Gasteiger partial charge in [-0.05, 0) is 54.4 Å². The van der Waals surface area contributed by atoms with Crippen LogP contribution in [-0.4, -0.2) is 34.6 Å². The highest BCUT2D eigenvalue weighted by Crippen LogP contribution is 2.31. The minimum Gasteiger partial charge on any atom is -0.383 e. The second kappa shape index (κ2) is 7.77. The quantitative estimate of drug-likeness (QED) is 0.751. The molecule has 1 N–H and O–H groups in total. The maximum Gasteiger partial charge on any atom is 0.261 e. The molecule has 0 aromatic heterocycles. The number of methoxy groups -OCH3 is 1. The number of aryl methyl sites for hydroxylation is 1. The number of amides is 1. The van der Waals surface area contributed by atoms with Crippen LogP contribution in [0.4, 0.5) is 11.4 Å². The van der Waals surface area contributed by atoms with Crippen molar-refractivity contribution in [1.29, 1.82) is 0 Å². The molecule has 1 aliphatic heterocycles. The Hall–Kier alpha value is -1.90. The monoisotopic (exact) mass is 438 g/mol. The van der Waals surface area contributed by atoms with E-state index in [1.54, 1.807) is 42.3 Å². The molecule has 0 saturated carbocycles. The van der Waals surface area contributed by atoms with Crippen molar-refractivity contribution in [3.05, 3.63) is 52.5 Å². The summed E-state index contributed by atoms with van der Waals surface area (Å²) in [5.74, 6) is 0.0535. The van der Waals surface area contributed by atoms with E-state index in [0.29, 0.717) is 31.7 Å². The third-order valence-corrected chi connectivity index (χ3v) is 6.10. The molecule has 1 heterocycles. The van der Waals surface area contributed by atoms with Gasteiger partial charge < -0.3 is 9.64 Å². The van der Waals surface area contributed by atoms with Gasteiger partial charge in [0.25, 0.3) is 10.0 Å². The van der Waals surface area contributed by atoms with Gasteiger partial charge >= 0.3 is 0 Å². The molecule has 1 aliphatic rings. The molecule has 0 atom stereocenters. The third kappa shape index (κ3) is 4.08. The number of anilines is 2. The first-order chi connectivity index (χ1) is 12.4. The van der Waals surface area contributed by atoms with Gasteiger partial charge in [0.1, 0.15) is 0 Å². The summed E-state index contributed by atoms with van der Waals surface area (Å²) in [5.41, 5.74) is 2.23. The van der Waals surface area contributed by atoms with Crippen molar-refractivity contribution in [1.82, 2.24) is 0 Å². The van der Waals surface area contributed by atoms with Crippen LogP contribution in [0.1, 0.15) is 12.0 Å². The van der Waals surface area contributed by atoms with E-state index in [1.165, 1.54) is 12.1 Å². The van der Waals surface area contributed by atoms with Gasteiger partial charge in [-0.3, -0.25) is 9.52 Å². The maximum atomic E-state index is 12.5. The molecule has 1 amide bonds. The van der Waals surface area contributed by atoms with E-state index in [1.807, 2.05) is 0 Å². The van der Waals surface area contributed by atoms with E-state index in [4.69, 9.17) is 4.74 Å². The molecule has 0 bridgehead atoms. The third-order valence-electron chi connectivity index (χ3n) is 4.17. The molecule has 8 heteroatoms. The maximum absolute atomic E-state index is 12.5. The van der Waals surface area contributed by atoms with E-state index in [2.05, 4.69) is 20.7 Å². The van der Waals surface area contributed by atoms with Gasteiger partial charge in [0.2, 0.25) is 5.91 Å². The molecule has 0 saturated heterocycles. The Morgan fingerprint density at radius 2 is 1.88 bits per heavy atom. The van der Waals surface area contributed by atoms with E-state index in [-0.39, 0.29) is 10.8 Å². The van der Waals surface area contributed by atoms with Crippen LogP contribution in [0.25, 0.3) is 0 Å². The Bertz CT molecular complexity index is 913. The second-order valence-electron chi connectivity index (χ2n) is 5.94. The van der Waals surface area contributed by atoms with Crippen LogP contribution in [0.2, 0.25) is 0 Å². The number of rotatable bonds is 6. The van der Waals surface area contributed by atoms with Crippen LogP contribution in [0.5, 0.6) is 0 Å². The van der Waals surface area contributed by atoms with Crippen LogP contribution in [0, 0.1) is 0 Å². The molecule has 0 aliphatic carbocycles. The Morgan fingerprint density at radius 1 is 1.15 bits per heavy atom. The van der Waals surface area contributed by atoms with Crippen molar-refractivity contribution < 1.29 is 17.9 Å². The summed E-state index contributed by atoms with van der Waals surface area (Å²) in [6.07, 6.45) is 0.991. The fraction of sp³-hybridized carbons (Fsp3) is 0.278. The minimum absolute atomic E-state index is 0.0535. The summed E-state index contributed by atoms with van der Waals surface area (Å²) in [4.78, 5) is 14.0. The van der Waals surface area contributed by atoms with Crippen LogP contribution in [-0.2, 0) is 26.0 Å². The molecule has 138 valence electrons. The Labute approximate surface area is 161 Å². The first kappa shape index (κ1) is 18.9. The number of fused-ring (bicyclic) bond motifs is 1. The summed E-state index contributed by atoms with van der Waals surface area (Å²) >= 11 is 3.29. The summed E-state index contributed by atoms with van der Waals surface area (Å²) in [6.45, 7) is 0.926. The normalized spacial score (nSPS) is 14.2. The average molecular weight is 439 g/mol. The SMILES string of the molecule is COCCN1C(=O)CCc2cc(NS(=O)(=O)c3ccc(Br)cc3)ccc21. The van der Waals surface area contributed by atoms with E-state index in [9.17, 15) is 13.2 Å². The number of carbonyl (C=O) groups is 1. The highest BCUT2D eigenvalue weighted by molar-refractivity contribution is 9.10. The standard InChI is InChI=1S/C18H19BrN2O4S/c1-25-11-10-21-17-8-5-15(12-13(17)2-9-18(21)22)20-26(23,24)16-6-3-14(19)4-7-16/h3-8,12,20H,2,9-11H2,1H3. The van der Waals surface area contributed by atoms with E-state index < -0.39 is 10.0 Å². The summed E-state index contributed by atoms with van der Waals surface area (Å²) in [5, 5.41) is 0. The number of hydrogen-bond acceptors (Lipinski definition) is 4. The predicted molar refractivity (Wildman–Crippen MR) is 104 cm³/mol. The molecule has 2 aromatic rings. The lowest BCUT2D eigenvalue weighted by Gasteiger charge is -2.29. The molecule has 26 heavy (non-hydrogen) atoms. The number of halogens is 1. The molecule has 6 nitrogen and oxygen atoms in total. The van der Waals surface area contributed by atoms with Crippen LogP contribution in [0.3, 0.4) is 0 Å². The van der Waals surface area contributed by atoms with Gasteiger partial charge in [0.05, 0.1) is 11.5 Å². The van der Waals surface area contributed by atoms with Crippen molar-refractivity contribution in [3.63, 3.8) is 0 Å². The van der Waals surface area contributed by atoms with Gasteiger partial charge in [-0.2, -0.15) is 0 Å². The zero-order valence-corrected chi connectivity index (χ0v) is 16.6. The van der Waals surface area contributed by atoms with Gasteiger partial charge in [-0.15, -0.1) is 0 Å². The average Bonchev–Trinajstić information content (AvgIpc) is 2.61. The van der Waals surface area contributed by atoms with E-state index >= 15 is 0 Å². The number of nitrogens with one attached hydrogen (secondary N) is 1. The Morgan fingerprint density at radius 3 is 2.58 bits per heavy atom. The fourth-order valence-corrected chi connectivity index (χ4v) is 4.19. The lowest BCUT2D eigenvalue weighted by molar-refractivity contribution is -0.119. The molecule has 2 aromatic carbocycles. The lowest BCUT2D eigenvalue weighted by atomic mass is 10.0. The molecule has 0 unspecified atom stereocenters. The van der Waals surface area contributed by atoms with Crippen molar-refractivity contribution in [2.24, 2.45) is 0 Å². The van der Waals surface area contributed by atoms with Gasteiger partial charge in [0, 0.05) is 35.9 Å². The largest absolute Gasteiger partial charge is 0.383 e. The Balaban J connectivity index is 1.85. The Kier molecular flexibility index (Phi) is 5.64. The van der Waals surface area contributed by atoms with Gasteiger partial charge in [-0.25, -0.2) is 8.42 Å². The molecular weight excluding hydrogens is 420 g/mol. The highest BCUT2D eigenvalue weighted by Gasteiger charge is 2.24. The number of nitrogens with zero attached hydrogens (tertiary/aromatic N) is 1. The predicted octanol–water partition coefficient (Wildman–Crippen LogP) is 3.18. The summed E-state index contributed by atoms with van der Waals surface area (Å²) in [7, 11) is -2.07.